The summed E-state index contributed by atoms with van der Waals surface area (Å²) in [6.07, 6.45) is 0. The number of hydrogen-bond donors (Lipinski definition) is 0. The fraction of sp³-hybridized carbons (Fsp3) is 0.296. The molecular formula is C54H55BN2OS. The van der Waals surface area contributed by atoms with E-state index in [0.29, 0.717) is 0 Å². The van der Waals surface area contributed by atoms with Crippen molar-refractivity contribution in [3.63, 3.8) is 0 Å². The van der Waals surface area contributed by atoms with Crippen LogP contribution >= 0.6 is 11.3 Å². The zero-order valence-electron chi connectivity index (χ0n) is 36.8. The third kappa shape index (κ3) is 5.90. The van der Waals surface area contributed by atoms with Gasteiger partial charge in [0.2, 0.25) is 0 Å². The van der Waals surface area contributed by atoms with Gasteiger partial charge in [0.1, 0.15) is 11.2 Å². The van der Waals surface area contributed by atoms with Gasteiger partial charge in [0, 0.05) is 43.0 Å². The van der Waals surface area contributed by atoms with Gasteiger partial charge in [-0.25, -0.2) is 0 Å². The highest BCUT2D eigenvalue weighted by atomic mass is 32.1. The molecule has 3 nitrogen and oxygen atoms in total. The number of para-hydroxylation sites is 1. The monoisotopic (exact) mass is 790 g/mol. The van der Waals surface area contributed by atoms with Gasteiger partial charge in [0.15, 0.2) is 0 Å². The van der Waals surface area contributed by atoms with Gasteiger partial charge in [-0.3, -0.25) is 0 Å². The molecule has 2 aliphatic rings. The van der Waals surface area contributed by atoms with Crippen LogP contribution in [0.5, 0.6) is 0 Å². The van der Waals surface area contributed by atoms with Crippen LogP contribution in [0.1, 0.15) is 105 Å². The smallest absolute Gasteiger partial charge is 0.264 e. The van der Waals surface area contributed by atoms with Gasteiger partial charge in [-0.1, -0.05) is 138 Å². The van der Waals surface area contributed by atoms with Crippen LogP contribution in [0.2, 0.25) is 0 Å². The predicted octanol–water partition coefficient (Wildman–Crippen LogP) is 14.1. The molecule has 0 radical (unpaired) electrons. The minimum absolute atomic E-state index is 0.00969. The first-order chi connectivity index (χ1) is 27.8. The Bertz CT molecular complexity index is 2980. The Morgan fingerprint density at radius 2 is 1.00 bits per heavy atom. The highest BCUT2D eigenvalue weighted by molar-refractivity contribution is 7.33. The molecule has 0 amide bonds. The van der Waals surface area contributed by atoms with Gasteiger partial charge < -0.3 is 14.2 Å². The van der Waals surface area contributed by atoms with Crippen molar-refractivity contribution >= 4 is 99.9 Å². The molecule has 0 spiro atoms. The van der Waals surface area contributed by atoms with Crippen LogP contribution in [0.4, 0.5) is 34.1 Å². The molecule has 6 aromatic carbocycles. The van der Waals surface area contributed by atoms with Crippen LogP contribution in [0.15, 0.2) is 120 Å². The first kappa shape index (κ1) is 38.0. The Labute approximate surface area is 354 Å². The summed E-state index contributed by atoms with van der Waals surface area (Å²) >= 11 is 1.97. The average Bonchev–Trinajstić information content (AvgIpc) is 3.75. The standard InChI is InChI=1S/C54H55BN2OS/c1-51(2,3)32-17-22-36(23-18-32)56-41-30-35(54(10,11)12)31-42-47(41)55(50-48(56)39-29-34(53(7,8)9)21-28-45(39)59-50)40-26-27-44-46(38-15-13-14-16-43(38)58-44)49(40)57(42)37-24-19-33(20-25-37)52(4,5)6/h13-31H,1-12H3. The zero-order valence-corrected chi connectivity index (χ0v) is 37.6. The number of furan rings is 1. The molecule has 10 rings (SSSR count). The summed E-state index contributed by atoms with van der Waals surface area (Å²) in [5.74, 6) is 0. The molecule has 296 valence electrons. The van der Waals surface area contributed by atoms with Crippen LogP contribution in [0.25, 0.3) is 32.0 Å². The van der Waals surface area contributed by atoms with E-state index in [0.717, 1.165) is 22.2 Å². The Morgan fingerprint density at radius 1 is 0.475 bits per heavy atom. The van der Waals surface area contributed by atoms with E-state index < -0.39 is 0 Å². The SMILES string of the molecule is CC(C)(C)c1ccc(N2c3cc(C(C)(C)C)cc4c3B(c3ccc5oc6ccccc6c5c3N4c3ccc(C(C)(C)C)cc3)c3sc4ccc(C(C)(C)C)cc4c32)cc1. The first-order valence-corrected chi connectivity index (χ1v) is 22.1. The molecule has 0 unspecified atom stereocenters. The molecule has 0 saturated heterocycles. The summed E-state index contributed by atoms with van der Waals surface area (Å²) < 4.78 is 9.39. The van der Waals surface area contributed by atoms with E-state index in [1.54, 1.807) is 0 Å². The van der Waals surface area contributed by atoms with Crippen molar-refractivity contribution in [3.8, 4) is 0 Å². The lowest BCUT2D eigenvalue weighted by molar-refractivity contribution is 0.590. The Kier molecular flexibility index (Phi) is 8.13. The predicted molar refractivity (Wildman–Crippen MR) is 258 cm³/mol. The highest BCUT2D eigenvalue weighted by Gasteiger charge is 2.47. The van der Waals surface area contributed by atoms with Crippen molar-refractivity contribution in [1.29, 1.82) is 0 Å². The molecule has 0 fully saturated rings. The van der Waals surface area contributed by atoms with E-state index in [1.807, 2.05) is 11.3 Å². The van der Waals surface area contributed by atoms with E-state index in [1.165, 1.54) is 81.9 Å². The van der Waals surface area contributed by atoms with E-state index in [-0.39, 0.29) is 28.4 Å². The quantitative estimate of drug-likeness (QED) is 0.163. The fourth-order valence-electron chi connectivity index (χ4n) is 9.43. The van der Waals surface area contributed by atoms with E-state index >= 15 is 0 Å². The maximum atomic E-state index is 6.68. The van der Waals surface area contributed by atoms with Gasteiger partial charge >= 0.3 is 0 Å². The van der Waals surface area contributed by atoms with Crippen molar-refractivity contribution < 1.29 is 4.42 Å². The van der Waals surface area contributed by atoms with Gasteiger partial charge in [-0.15, -0.1) is 11.3 Å². The molecule has 8 aromatic rings. The molecule has 0 N–H and O–H groups in total. The van der Waals surface area contributed by atoms with Crippen molar-refractivity contribution in [2.75, 3.05) is 9.80 Å². The molecule has 2 aromatic heterocycles. The lowest BCUT2D eigenvalue weighted by atomic mass is 9.36. The second-order valence-electron chi connectivity index (χ2n) is 21.1. The van der Waals surface area contributed by atoms with Gasteiger partial charge in [0.25, 0.3) is 6.71 Å². The number of fused-ring (bicyclic) bond motifs is 10. The number of rotatable bonds is 2. The minimum Gasteiger partial charge on any atom is -0.456 e. The fourth-order valence-corrected chi connectivity index (χ4v) is 10.7. The Hall–Kier alpha value is -5.26. The third-order valence-electron chi connectivity index (χ3n) is 12.9. The van der Waals surface area contributed by atoms with Crippen molar-refractivity contribution in [3.05, 3.63) is 138 Å². The Morgan fingerprint density at radius 3 is 1.56 bits per heavy atom. The normalized spacial score (nSPS) is 14.3. The maximum absolute atomic E-state index is 6.68. The number of nitrogens with zero attached hydrogens (tertiary/aromatic N) is 2. The summed E-state index contributed by atoms with van der Waals surface area (Å²) in [6, 6.07) is 44.1. The summed E-state index contributed by atoms with van der Waals surface area (Å²) in [7, 11) is 0. The lowest BCUT2D eigenvalue weighted by Gasteiger charge is -2.44. The third-order valence-corrected chi connectivity index (χ3v) is 14.1. The molecule has 0 atom stereocenters. The first-order valence-electron chi connectivity index (χ1n) is 21.3. The minimum atomic E-state index is -0.116. The van der Waals surface area contributed by atoms with Crippen molar-refractivity contribution in [1.82, 2.24) is 0 Å². The Balaban J connectivity index is 1.37. The van der Waals surface area contributed by atoms with Crippen molar-refractivity contribution in [2.45, 2.75) is 105 Å². The summed E-state index contributed by atoms with van der Waals surface area (Å²) in [5, 5.41) is 3.64. The lowest BCUT2D eigenvalue weighted by Crippen LogP contribution is -2.60. The molecule has 0 saturated carbocycles. The van der Waals surface area contributed by atoms with Gasteiger partial charge in [0.05, 0.1) is 16.8 Å². The molecule has 5 heteroatoms. The van der Waals surface area contributed by atoms with Gasteiger partial charge in [-0.2, -0.15) is 0 Å². The molecule has 0 aliphatic carbocycles. The van der Waals surface area contributed by atoms with Crippen LogP contribution < -0.4 is 25.5 Å². The van der Waals surface area contributed by atoms with Crippen LogP contribution in [0.3, 0.4) is 0 Å². The number of benzene rings is 6. The molecule has 59 heavy (non-hydrogen) atoms. The second kappa shape index (κ2) is 12.6. The van der Waals surface area contributed by atoms with Crippen LogP contribution in [-0.2, 0) is 21.7 Å². The second-order valence-corrected chi connectivity index (χ2v) is 22.2. The van der Waals surface area contributed by atoms with Crippen LogP contribution in [0, 0.1) is 0 Å². The summed E-state index contributed by atoms with van der Waals surface area (Å²) in [6.45, 7) is 27.8. The molecule has 2 aliphatic heterocycles. The topological polar surface area (TPSA) is 19.6 Å². The number of anilines is 6. The van der Waals surface area contributed by atoms with Crippen molar-refractivity contribution in [2.24, 2.45) is 0 Å². The van der Waals surface area contributed by atoms with E-state index in [4.69, 9.17) is 4.42 Å². The number of hydrogen-bond acceptors (Lipinski definition) is 4. The zero-order chi connectivity index (χ0) is 41.6. The summed E-state index contributed by atoms with van der Waals surface area (Å²) in [4.78, 5) is 5.20. The highest BCUT2D eigenvalue weighted by Crippen LogP contribution is 2.52. The molecule has 4 heterocycles. The van der Waals surface area contributed by atoms with E-state index in [2.05, 4.69) is 208 Å². The van der Waals surface area contributed by atoms with E-state index in [9.17, 15) is 0 Å². The maximum Gasteiger partial charge on any atom is 0.264 e. The van der Waals surface area contributed by atoms with Crippen LogP contribution in [-0.4, -0.2) is 6.71 Å². The molecule has 0 bridgehead atoms. The largest absolute Gasteiger partial charge is 0.456 e. The number of thiophene rings is 1. The molecular weight excluding hydrogens is 735 g/mol. The van der Waals surface area contributed by atoms with Gasteiger partial charge in [-0.05, 0) is 116 Å². The average molecular weight is 791 g/mol. The summed E-state index contributed by atoms with van der Waals surface area (Å²) in [5.41, 5.74) is 17.2.